The first-order chi connectivity index (χ1) is 10.8. The van der Waals surface area contributed by atoms with Gasteiger partial charge in [-0.2, -0.15) is 0 Å². The Morgan fingerprint density at radius 1 is 1.13 bits per heavy atom. The fourth-order valence-electron chi connectivity index (χ4n) is 3.35. The van der Waals surface area contributed by atoms with Gasteiger partial charge in [-0.1, -0.05) is 24.3 Å². The van der Waals surface area contributed by atoms with Crippen LogP contribution in [0.25, 0.3) is 0 Å². The molecule has 23 heavy (non-hydrogen) atoms. The van der Waals surface area contributed by atoms with E-state index in [0.29, 0.717) is 18.0 Å². The third kappa shape index (κ3) is 4.25. The molecule has 2 aliphatic carbocycles. The van der Waals surface area contributed by atoms with E-state index in [4.69, 9.17) is 4.74 Å². The zero-order chi connectivity index (χ0) is 16.6. The van der Waals surface area contributed by atoms with Crippen LogP contribution in [0.2, 0.25) is 0 Å². The number of carbonyl (C=O) groups excluding carboxylic acids is 1. The largest absolute Gasteiger partial charge is 0.444 e. The first-order valence-electron chi connectivity index (χ1n) is 8.63. The van der Waals surface area contributed by atoms with E-state index >= 15 is 0 Å². The van der Waals surface area contributed by atoms with Crippen molar-refractivity contribution in [3.05, 3.63) is 35.4 Å². The Morgan fingerprint density at radius 2 is 1.83 bits per heavy atom. The number of amides is 1. The lowest BCUT2D eigenvalue weighted by Crippen LogP contribution is -2.44. The van der Waals surface area contributed by atoms with Crippen LogP contribution in [0, 0.1) is 6.92 Å². The van der Waals surface area contributed by atoms with Crippen LogP contribution < -0.4 is 10.6 Å². The molecule has 1 aromatic carbocycles. The fraction of sp³-hybridized carbons (Fsp3) is 0.632. The van der Waals surface area contributed by atoms with Gasteiger partial charge in [-0.05, 0) is 64.0 Å². The lowest BCUT2D eigenvalue weighted by atomic mass is 9.74. The summed E-state index contributed by atoms with van der Waals surface area (Å²) in [6.45, 7) is 7.84. The summed E-state index contributed by atoms with van der Waals surface area (Å²) in [5.74, 6) is 0.685. The summed E-state index contributed by atoms with van der Waals surface area (Å²) in [7, 11) is 0. The van der Waals surface area contributed by atoms with Gasteiger partial charge in [0.2, 0.25) is 0 Å². The van der Waals surface area contributed by atoms with E-state index in [1.54, 1.807) is 0 Å². The number of rotatable bonds is 4. The number of hydrogen-bond donors (Lipinski definition) is 2. The number of alkyl carbamates (subject to hydrolysis) is 1. The molecular weight excluding hydrogens is 288 g/mol. The Kier molecular flexibility index (Phi) is 4.37. The summed E-state index contributed by atoms with van der Waals surface area (Å²) >= 11 is 0. The van der Waals surface area contributed by atoms with E-state index in [1.165, 1.54) is 24.0 Å². The molecule has 4 heteroatoms. The van der Waals surface area contributed by atoms with E-state index < -0.39 is 5.60 Å². The molecular formula is C19H28N2O2. The Bertz CT molecular complexity index is 573. The summed E-state index contributed by atoms with van der Waals surface area (Å²) in [6, 6.07) is 9.88. The number of carbonyl (C=O) groups is 1. The second kappa shape index (κ2) is 6.16. The minimum Gasteiger partial charge on any atom is -0.444 e. The molecule has 1 amide bonds. The Morgan fingerprint density at radius 3 is 2.48 bits per heavy atom. The summed E-state index contributed by atoms with van der Waals surface area (Å²) in [5.41, 5.74) is 2.45. The van der Waals surface area contributed by atoms with Crippen LogP contribution in [0.3, 0.4) is 0 Å². The highest BCUT2D eigenvalue weighted by Crippen LogP contribution is 2.39. The van der Waals surface area contributed by atoms with Crippen LogP contribution >= 0.6 is 0 Å². The van der Waals surface area contributed by atoms with Crippen molar-refractivity contribution in [3.63, 3.8) is 0 Å². The molecule has 0 bridgehead atoms. The molecule has 0 saturated heterocycles. The zero-order valence-electron chi connectivity index (χ0n) is 14.6. The lowest BCUT2D eigenvalue weighted by molar-refractivity contribution is 0.0521. The van der Waals surface area contributed by atoms with Gasteiger partial charge in [0.25, 0.3) is 0 Å². The topological polar surface area (TPSA) is 50.4 Å². The number of ether oxygens (including phenoxy) is 1. The summed E-state index contributed by atoms with van der Waals surface area (Å²) in [6.07, 6.45) is 3.09. The van der Waals surface area contributed by atoms with E-state index in [2.05, 4.69) is 41.8 Å². The minimum atomic E-state index is -0.434. The first-order valence-corrected chi connectivity index (χ1v) is 8.63. The van der Waals surface area contributed by atoms with Crippen LogP contribution in [0.5, 0.6) is 0 Å². The molecule has 2 N–H and O–H groups in total. The van der Waals surface area contributed by atoms with Crippen molar-refractivity contribution in [2.75, 3.05) is 0 Å². The van der Waals surface area contributed by atoms with Crippen molar-refractivity contribution in [1.29, 1.82) is 0 Å². The molecule has 4 nitrogen and oxygen atoms in total. The van der Waals surface area contributed by atoms with E-state index in [1.807, 2.05) is 20.8 Å². The smallest absolute Gasteiger partial charge is 0.407 e. The van der Waals surface area contributed by atoms with Gasteiger partial charge in [-0.15, -0.1) is 0 Å². The molecule has 3 rings (SSSR count). The maximum atomic E-state index is 11.7. The maximum Gasteiger partial charge on any atom is 0.407 e. The molecule has 2 fully saturated rings. The van der Waals surface area contributed by atoms with Crippen molar-refractivity contribution in [2.24, 2.45) is 0 Å². The van der Waals surface area contributed by atoms with Gasteiger partial charge in [0.1, 0.15) is 5.60 Å². The molecule has 2 unspecified atom stereocenters. The Balaban J connectivity index is 1.37. The fourth-order valence-corrected chi connectivity index (χ4v) is 3.35. The lowest BCUT2D eigenvalue weighted by Gasteiger charge is -2.37. The highest BCUT2D eigenvalue weighted by molar-refractivity contribution is 5.68. The molecule has 0 radical (unpaired) electrons. The number of nitrogens with one attached hydrogen (secondary N) is 2. The van der Waals surface area contributed by atoms with Crippen LogP contribution in [-0.4, -0.2) is 29.8 Å². The van der Waals surface area contributed by atoms with Crippen molar-refractivity contribution in [1.82, 2.24) is 10.6 Å². The van der Waals surface area contributed by atoms with Gasteiger partial charge in [0.15, 0.2) is 0 Å². The highest BCUT2D eigenvalue weighted by atomic mass is 16.6. The second-order valence-electron chi connectivity index (χ2n) is 7.98. The van der Waals surface area contributed by atoms with Crippen molar-refractivity contribution in [3.8, 4) is 0 Å². The Hall–Kier alpha value is -1.55. The molecule has 2 aliphatic rings. The van der Waals surface area contributed by atoms with Gasteiger partial charge >= 0.3 is 6.09 Å². The van der Waals surface area contributed by atoms with Gasteiger partial charge < -0.3 is 15.4 Å². The number of benzene rings is 1. The van der Waals surface area contributed by atoms with Crippen molar-refractivity contribution < 1.29 is 9.53 Å². The SMILES string of the molecule is Cc1ccccc1C1CC(NC2CC2NC(=O)OC(C)(C)C)C1. The van der Waals surface area contributed by atoms with Crippen LogP contribution in [0.15, 0.2) is 24.3 Å². The zero-order valence-corrected chi connectivity index (χ0v) is 14.6. The summed E-state index contributed by atoms with van der Waals surface area (Å²) in [4.78, 5) is 11.7. The molecule has 0 aliphatic heterocycles. The third-order valence-electron chi connectivity index (χ3n) is 4.71. The average molecular weight is 316 g/mol. The number of hydrogen-bond acceptors (Lipinski definition) is 3. The molecule has 1 aromatic rings. The van der Waals surface area contributed by atoms with E-state index in [0.717, 1.165) is 6.42 Å². The van der Waals surface area contributed by atoms with Gasteiger partial charge in [0.05, 0.1) is 0 Å². The highest BCUT2D eigenvalue weighted by Gasteiger charge is 2.43. The predicted octanol–water partition coefficient (Wildman–Crippen LogP) is 3.50. The van der Waals surface area contributed by atoms with E-state index in [9.17, 15) is 4.79 Å². The molecule has 2 saturated carbocycles. The standard InChI is InChI=1S/C19H28N2O2/c1-12-7-5-6-8-15(12)13-9-14(10-13)20-16-11-17(16)21-18(22)23-19(2,3)4/h5-8,13-14,16-17,20H,9-11H2,1-4H3,(H,21,22). The third-order valence-corrected chi connectivity index (χ3v) is 4.71. The monoisotopic (exact) mass is 316 g/mol. The van der Waals surface area contributed by atoms with Crippen LogP contribution in [0.1, 0.15) is 57.1 Å². The summed E-state index contributed by atoms with van der Waals surface area (Å²) in [5, 5.41) is 6.60. The van der Waals surface area contributed by atoms with Gasteiger partial charge in [0, 0.05) is 18.1 Å². The average Bonchev–Trinajstić information content (AvgIpc) is 3.10. The minimum absolute atomic E-state index is 0.224. The summed E-state index contributed by atoms with van der Waals surface area (Å²) < 4.78 is 5.29. The molecule has 2 atom stereocenters. The van der Waals surface area contributed by atoms with Gasteiger partial charge in [-0.25, -0.2) is 4.79 Å². The molecule has 0 heterocycles. The first kappa shape index (κ1) is 16.3. The van der Waals surface area contributed by atoms with Gasteiger partial charge in [-0.3, -0.25) is 0 Å². The van der Waals surface area contributed by atoms with E-state index in [-0.39, 0.29) is 12.1 Å². The van der Waals surface area contributed by atoms with Crippen LogP contribution in [-0.2, 0) is 4.74 Å². The molecule has 0 spiro atoms. The van der Waals surface area contributed by atoms with Crippen molar-refractivity contribution in [2.45, 2.75) is 76.6 Å². The second-order valence-corrected chi connectivity index (χ2v) is 7.98. The van der Waals surface area contributed by atoms with Crippen molar-refractivity contribution >= 4 is 6.09 Å². The predicted molar refractivity (Wildman–Crippen MR) is 91.6 cm³/mol. The maximum absolute atomic E-state index is 11.7. The number of aryl methyl sites for hydroxylation is 1. The normalized spacial score (nSPS) is 29.6. The van der Waals surface area contributed by atoms with Crippen LogP contribution in [0.4, 0.5) is 4.79 Å². The Labute approximate surface area is 139 Å². The quantitative estimate of drug-likeness (QED) is 0.894. The molecule has 126 valence electrons. The molecule has 0 aromatic heterocycles.